The summed E-state index contributed by atoms with van der Waals surface area (Å²) >= 11 is 0. The van der Waals surface area contributed by atoms with Crippen molar-refractivity contribution in [2.24, 2.45) is 18.1 Å². The molecule has 112 valence electrons. The lowest BCUT2D eigenvalue weighted by atomic mass is 10.1. The number of hydrogen-bond acceptors (Lipinski definition) is 3. The summed E-state index contributed by atoms with van der Waals surface area (Å²) in [7, 11) is -0.365. The van der Waals surface area contributed by atoms with E-state index in [-0.39, 0.29) is 16.8 Å². The first kappa shape index (κ1) is 15.1. The topological polar surface area (TPSA) is 85.4 Å². The van der Waals surface area contributed by atoms with Crippen LogP contribution in [0.1, 0.15) is 36.7 Å². The third-order valence-electron chi connectivity index (χ3n) is 4.06. The van der Waals surface area contributed by atoms with Crippen LogP contribution in [-0.2, 0) is 17.1 Å². The molecule has 2 rings (SSSR count). The van der Waals surface area contributed by atoms with Crippen LogP contribution in [0.15, 0.2) is 17.2 Å². The smallest absolute Gasteiger partial charge is 0.270 e. The van der Waals surface area contributed by atoms with Gasteiger partial charge in [-0.05, 0) is 31.2 Å². The van der Waals surface area contributed by atoms with Crippen LogP contribution in [0.3, 0.4) is 0 Å². The van der Waals surface area contributed by atoms with E-state index in [0.29, 0.717) is 11.6 Å². The monoisotopic (exact) mass is 299 g/mol. The van der Waals surface area contributed by atoms with Gasteiger partial charge in [-0.3, -0.25) is 4.79 Å². The van der Waals surface area contributed by atoms with Crippen molar-refractivity contribution in [3.05, 3.63) is 18.0 Å². The molecule has 6 nitrogen and oxygen atoms in total. The van der Waals surface area contributed by atoms with Gasteiger partial charge in [-0.1, -0.05) is 6.92 Å². The predicted molar refractivity (Wildman–Crippen MR) is 75.7 cm³/mol. The second kappa shape index (κ2) is 5.21. The number of primary sulfonamides is 1. The summed E-state index contributed by atoms with van der Waals surface area (Å²) in [4.78, 5) is 14.2. The highest BCUT2D eigenvalue weighted by molar-refractivity contribution is 7.89. The molecule has 2 atom stereocenters. The maximum absolute atomic E-state index is 12.5. The molecule has 1 aromatic heterocycles. The zero-order chi connectivity index (χ0) is 15.1. The average Bonchev–Trinajstić information content (AvgIpc) is 2.93. The SMILES string of the molecule is CC1CCC(N(C)C(=O)c2cc(S(N)(=O)=O)cn2C)C1. The minimum Gasteiger partial charge on any atom is -0.345 e. The van der Waals surface area contributed by atoms with Gasteiger partial charge in [-0.15, -0.1) is 0 Å². The molecule has 1 aromatic rings. The van der Waals surface area contributed by atoms with E-state index in [9.17, 15) is 13.2 Å². The fourth-order valence-corrected chi connectivity index (χ4v) is 3.36. The normalized spacial score (nSPS) is 23.0. The lowest BCUT2D eigenvalue weighted by Gasteiger charge is -2.24. The number of nitrogens with zero attached hydrogens (tertiary/aromatic N) is 2. The van der Waals surface area contributed by atoms with Crippen LogP contribution in [0.4, 0.5) is 0 Å². The molecular formula is C13H21N3O3S. The van der Waals surface area contributed by atoms with Crippen LogP contribution in [0.2, 0.25) is 0 Å². The molecule has 2 unspecified atom stereocenters. The quantitative estimate of drug-likeness (QED) is 0.901. The first-order chi connectivity index (χ1) is 9.20. The van der Waals surface area contributed by atoms with E-state index in [0.717, 1.165) is 19.3 Å². The van der Waals surface area contributed by atoms with Crippen LogP contribution >= 0.6 is 0 Å². The molecule has 1 saturated carbocycles. The third-order valence-corrected chi connectivity index (χ3v) is 4.94. The van der Waals surface area contributed by atoms with Crippen LogP contribution in [0.5, 0.6) is 0 Å². The Hall–Kier alpha value is -1.34. The molecular weight excluding hydrogens is 278 g/mol. The molecule has 0 aliphatic heterocycles. The number of amides is 1. The molecule has 0 spiro atoms. The zero-order valence-electron chi connectivity index (χ0n) is 12.0. The highest BCUT2D eigenvalue weighted by Crippen LogP contribution is 2.29. The van der Waals surface area contributed by atoms with Crippen molar-refractivity contribution in [2.45, 2.75) is 37.1 Å². The molecule has 0 bridgehead atoms. The van der Waals surface area contributed by atoms with E-state index in [4.69, 9.17) is 5.14 Å². The highest BCUT2D eigenvalue weighted by atomic mass is 32.2. The summed E-state index contributed by atoms with van der Waals surface area (Å²) < 4.78 is 24.2. The Bertz CT molecular complexity index is 621. The average molecular weight is 299 g/mol. The molecule has 1 fully saturated rings. The second-order valence-corrected chi connectivity index (χ2v) is 7.27. The van der Waals surface area contributed by atoms with E-state index in [2.05, 4.69) is 6.92 Å². The Morgan fingerprint density at radius 1 is 1.45 bits per heavy atom. The number of aryl methyl sites for hydroxylation is 1. The van der Waals surface area contributed by atoms with Gasteiger partial charge in [0.05, 0.1) is 0 Å². The Kier molecular flexibility index (Phi) is 3.93. The summed E-state index contributed by atoms with van der Waals surface area (Å²) in [5.41, 5.74) is 0.344. The van der Waals surface area contributed by atoms with Gasteiger partial charge in [0.2, 0.25) is 10.0 Å². The maximum Gasteiger partial charge on any atom is 0.270 e. The van der Waals surface area contributed by atoms with E-state index in [1.165, 1.54) is 16.8 Å². The number of rotatable bonds is 3. The minimum absolute atomic E-state index is 0.0310. The van der Waals surface area contributed by atoms with Gasteiger partial charge < -0.3 is 9.47 Å². The summed E-state index contributed by atoms with van der Waals surface area (Å²) in [6, 6.07) is 1.57. The molecule has 0 radical (unpaired) electrons. The number of aromatic nitrogens is 1. The standard InChI is InChI=1S/C13H21N3O3S/c1-9-4-5-10(6-9)16(3)13(17)12-7-11(8-15(12)2)20(14,18)19/h7-10H,4-6H2,1-3H3,(H2,14,18,19). The van der Waals surface area contributed by atoms with E-state index < -0.39 is 10.0 Å². The second-order valence-electron chi connectivity index (χ2n) is 5.71. The minimum atomic E-state index is -3.78. The van der Waals surface area contributed by atoms with Crippen molar-refractivity contribution < 1.29 is 13.2 Å². The Morgan fingerprint density at radius 3 is 2.55 bits per heavy atom. The zero-order valence-corrected chi connectivity index (χ0v) is 12.9. The Labute approximate surface area is 119 Å². The van der Waals surface area contributed by atoms with Crippen molar-refractivity contribution in [3.63, 3.8) is 0 Å². The van der Waals surface area contributed by atoms with Gasteiger partial charge in [0.25, 0.3) is 5.91 Å². The van der Waals surface area contributed by atoms with Crippen LogP contribution < -0.4 is 5.14 Å². The maximum atomic E-state index is 12.5. The molecule has 1 heterocycles. The lowest BCUT2D eigenvalue weighted by Crippen LogP contribution is -2.36. The van der Waals surface area contributed by atoms with Crippen molar-refractivity contribution in [1.82, 2.24) is 9.47 Å². The first-order valence-electron chi connectivity index (χ1n) is 6.66. The summed E-state index contributed by atoms with van der Waals surface area (Å²) in [5.74, 6) is 0.463. The van der Waals surface area contributed by atoms with Gasteiger partial charge in [-0.25, -0.2) is 13.6 Å². The van der Waals surface area contributed by atoms with E-state index in [1.54, 1.807) is 19.0 Å². The van der Waals surface area contributed by atoms with Crippen LogP contribution in [0, 0.1) is 5.92 Å². The van der Waals surface area contributed by atoms with Crippen molar-refractivity contribution in [2.75, 3.05) is 7.05 Å². The number of carbonyl (C=O) groups excluding carboxylic acids is 1. The van der Waals surface area contributed by atoms with Gasteiger partial charge in [0.15, 0.2) is 0 Å². The summed E-state index contributed by atoms with van der Waals surface area (Å²) in [6.07, 6.45) is 4.48. The van der Waals surface area contributed by atoms with Crippen molar-refractivity contribution in [1.29, 1.82) is 0 Å². The lowest BCUT2D eigenvalue weighted by molar-refractivity contribution is 0.0723. The molecule has 2 N–H and O–H groups in total. The first-order valence-corrected chi connectivity index (χ1v) is 8.21. The van der Waals surface area contributed by atoms with E-state index >= 15 is 0 Å². The van der Waals surface area contributed by atoms with E-state index in [1.807, 2.05) is 0 Å². The molecule has 0 aromatic carbocycles. The van der Waals surface area contributed by atoms with Gasteiger partial charge in [0.1, 0.15) is 10.6 Å². The molecule has 1 aliphatic carbocycles. The Balaban J connectivity index is 2.23. The predicted octanol–water partition coefficient (Wildman–Crippen LogP) is 0.933. The number of carbonyl (C=O) groups is 1. The fraction of sp³-hybridized carbons (Fsp3) is 0.615. The Morgan fingerprint density at radius 2 is 2.10 bits per heavy atom. The number of hydrogen-bond donors (Lipinski definition) is 1. The molecule has 7 heteroatoms. The fourth-order valence-electron chi connectivity index (χ4n) is 2.78. The number of nitrogens with two attached hydrogens (primary N) is 1. The van der Waals surface area contributed by atoms with Crippen LogP contribution in [-0.4, -0.2) is 36.9 Å². The van der Waals surface area contributed by atoms with Gasteiger partial charge >= 0.3 is 0 Å². The van der Waals surface area contributed by atoms with Gasteiger partial charge in [-0.2, -0.15) is 0 Å². The van der Waals surface area contributed by atoms with Crippen molar-refractivity contribution >= 4 is 15.9 Å². The largest absolute Gasteiger partial charge is 0.345 e. The molecule has 1 amide bonds. The molecule has 1 aliphatic rings. The molecule has 0 saturated heterocycles. The van der Waals surface area contributed by atoms with Gasteiger partial charge in [0, 0.05) is 26.3 Å². The summed E-state index contributed by atoms with van der Waals surface area (Å²) in [5, 5.41) is 5.09. The van der Waals surface area contributed by atoms with Crippen LogP contribution in [0.25, 0.3) is 0 Å². The summed E-state index contributed by atoms with van der Waals surface area (Å²) in [6.45, 7) is 2.18. The number of sulfonamides is 1. The molecule has 20 heavy (non-hydrogen) atoms. The third kappa shape index (κ3) is 2.88. The van der Waals surface area contributed by atoms with Crippen molar-refractivity contribution in [3.8, 4) is 0 Å². The highest BCUT2D eigenvalue weighted by Gasteiger charge is 2.29.